The van der Waals surface area contributed by atoms with E-state index in [9.17, 15) is 9.18 Å². The second-order valence-corrected chi connectivity index (χ2v) is 4.83. The lowest BCUT2D eigenvalue weighted by Gasteiger charge is -2.04. The molecule has 4 nitrogen and oxygen atoms in total. The van der Waals surface area contributed by atoms with E-state index in [2.05, 4.69) is 10.3 Å². The average molecular weight is 280 g/mol. The normalized spacial score (nSPS) is 10.6. The quantitative estimate of drug-likeness (QED) is 0.797. The number of thiazole rings is 1. The third-order valence-corrected chi connectivity index (χ3v) is 3.45. The van der Waals surface area contributed by atoms with Crippen LogP contribution in [0, 0.1) is 5.82 Å². The Bertz CT molecular complexity index is 571. The van der Waals surface area contributed by atoms with Crippen LogP contribution in [0.1, 0.15) is 21.1 Å². The fraction of sp³-hybridized carbons (Fsp3) is 0.231. The Morgan fingerprint density at radius 1 is 1.42 bits per heavy atom. The van der Waals surface area contributed by atoms with Crippen LogP contribution in [-0.2, 0) is 13.0 Å². The fourth-order valence-corrected chi connectivity index (χ4v) is 2.28. The van der Waals surface area contributed by atoms with E-state index in [1.807, 2.05) is 0 Å². The fourth-order valence-electron chi connectivity index (χ4n) is 1.63. The number of hydrogen-bond acceptors (Lipinski definition) is 4. The van der Waals surface area contributed by atoms with E-state index in [0.29, 0.717) is 30.8 Å². The lowest BCUT2D eigenvalue weighted by molar-refractivity contribution is 0.0696. The average Bonchev–Trinajstić information content (AvgIpc) is 2.85. The van der Waals surface area contributed by atoms with E-state index < -0.39 is 5.97 Å². The lowest BCUT2D eigenvalue weighted by Crippen LogP contribution is -2.17. The Balaban J connectivity index is 1.77. The van der Waals surface area contributed by atoms with Crippen molar-refractivity contribution < 1.29 is 14.3 Å². The highest BCUT2D eigenvalue weighted by Gasteiger charge is 2.08. The highest BCUT2D eigenvalue weighted by molar-refractivity contribution is 7.11. The van der Waals surface area contributed by atoms with Crippen molar-refractivity contribution in [2.75, 3.05) is 6.54 Å². The molecule has 0 saturated heterocycles. The van der Waals surface area contributed by atoms with Gasteiger partial charge in [0.05, 0.1) is 5.69 Å². The molecule has 19 heavy (non-hydrogen) atoms. The van der Waals surface area contributed by atoms with E-state index in [-0.39, 0.29) is 10.8 Å². The number of halogens is 1. The van der Waals surface area contributed by atoms with Gasteiger partial charge in [-0.3, -0.25) is 0 Å². The van der Waals surface area contributed by atoms with Gasteiger partial charge in [0, 0.05) is 11.9 Å². The first-order chi connectivity index (χ1) is 9.16. The molecular weight excluding hydrogens is 267 g/mol. The summed E-state index contributed by atoms with van der Waals surface area (Å²) in [7, 11) is 0. The van der Waals surface area contributed by atoms with Crippen LogP contribution in [0.3, 0.4) is 0 Å². The summed E-state index contributed by atoms with van der Waals surface area (Å²) in [6.45, 7) is 1.10. The summed E-state index contributed by atoms with van der Waals surface area (Å²) >= 11 is 1.10. The zero-order valence-corrected chi connectivity index (χ0v) is 10.9. The molecule has 2 aromatic rings. The van der Waals surface area contributed by atoms with Gasteiger partial charge >= 0.3 is 5.97 Å². The van der Waals surface area contributed by atoms with Gasteiger partial charge in [-0.2, -0.15) is 0 Å². The zero-order valence-electron chi connectivity index (χ0n) is 10.1. The van der Waals surface area contributed by atoms with E-state index in [0.717, 1.165) is 11.3 Å². The van der Waals surface area contributed by atoms with Crippen LogP contribution < -0.4 is 5.32 Å². The van der Waals surface area contributed by atoms with Gasteiger partial charge in [-0.05, 0) is 24.6 Å². The highest BCUT2D eigenvalue weighted by atomic mass is 32.1. The van der Waals surface area contributed by atoms with Crippen LogP contribution in [0.15, 0.2) is 29.6 Å². The first-order valence-electron chi connectivity index (χ1n) is 5.78. The first-order valence-corrected chi connectivity index (χ1v) is 6.66. The van der Waals surface area contributed by atoms with Gasteiger partial charge < -0.3 is 10.4 Å². The molecule has 0 atom stereocenters. The van der Waals surface area contributed by atoms with Crippen molar-refractivity contribution in [2.45, 2.75) is 13.0 Å². The van der Waals surface area contributed by atoms with Gasteiger partial charge in [0.1, 0.15) is 5.82 Å². The molecule has 1 aromatic carbocycles. The molecule has 0 fully saturated rings. The van der Waals surface area contributed by atoms with Gasteiger partial charge in [0.25, 0.3) is 0 Å². The second-order valence-electron chi connectivity index (χ2n) is 3.97. The van der Waals surface area contributed by atoms with E-state index in [1.165, 1.54) is 6.07 Å². The molecule has 0 saturated carbocycles. The standard InChI is InChI=1S/C13H13FN2O2S/c14-11-4-2-1-3-9(11)5-6-15-7-10-8-19-12(16-10)13(17)18/h1-4,8,15H,5-7H2,(H,17,18). The molecule has 0 spiro atoms. The summed E-state index contributed by atoms with van der Waals surface area (Å²) in [4.78, 5) is 14.6. The Morgan fingerprint density at radius 3 is 2.89 bits per heavy atom. The summed E-state index contributed by atoms with van der Waals surface area (Å²) < 4.78 is 13.3. The smallest absolute Gasteiger partial charge is 0.365 e. The molecule has 0 bridgehead atoms. The summed E-state index contributed by atoms with van der Waals surface area (Å²) in [6, 6.07) is 6.66. The molecule has 100 valence electrons. The topological polar surface area (TPSA) is 62.2 Å². The van der Waals surface area contributed by atoms with Crippen molar-refractivity contribution in [3.8, 4) is 0 Å². The lowest BCUT2D eigenvalue weighted by atomic mass is 10.1. The van der Waals surface area contributed by atoms with Crippen molar-refractivity contribution >= 4 is 17.3 Å². The monoisotopic (exact) mass is 280 g/mol. The number of nitrogens with zero attached hydrogens (tertiary/aromatic N) is 1. The van der Waals surface area contributed by atoms with Crippen LogP contribution >= 0.6 is 11.3 Å². The van der Waals surface area contributed by atoms with E-state index >= 15 is 0 Å². The zero-order chi connectivity index (χ0) is 13.7. The molecular formula is C13H13FN2O2S. The SMILES string of the molecule is O=C(O)c1nc(CNCCc2ccccc2F)cs1. The molecule has 0 radical (unpaired) electrons. The molecule has 6 heteroatoms. The number of aromatic nitrogens is 1. The number of carboxylic acid groups (broad SMARTS) is 1. The van der Waals surface area contributed by atoms with Crippen molar-refractivity contribution in [1.29, 1.82) is 0 Å². The van der Waals surface area contributed by atoms with Crippen LogP contribution in [0.25, 0.3) is 0 Å². The summed E-state index contributed by atoms with van der Waals surface area (Å²) in [5.74, 6) is -1.21. The van der Waals surface area contributed by atoms with Gasteiger partial charge in [-0.1, -0.05) is 18.2 Å². The third-order valence-electron chi connectivity index (χ3n) is 2.57. The highest BCUT2D eigenvalue weighted by Crippen LogP contribution is 2.09. The molecule has 1 aromatic heterocycles. The number of nitrogens with one attached hydrogen (secondary N) is 1. The summed E-state index contributed by atoms with van der Waals surface area (Å²) in [6.07, 6.45) is 0.586. The summed E-state index contributed by atoms with van der Waals surface area (Å²) in [5.41, 5.74) is 1.36. The largest absolute Gasteiger partial charge is 0.476 e. The molecule has 0 aliphatic carbocycles. The first kappa shape index (κ1) is 13.6. The number of benzene rings is 1. The van der Waals surface area contributed by atoms with Gasteiger partial charge in [-0.15, -0.1) is 11.3 Å². The number of rotatable bonds is 6. The minimum atomic E-state index is -1.01. The molecule has 0 aliphatic rings. The predicted octanol–water partition coefficient (Wildman–Crippen LogP) is 2.31. The van der Waals surface area contributed by atoms with Gasteiger partial charge in [0.2, 0.25) is 5.01 Å². The van der Waals surface area contributed by atoms with E-state index in [4.69, 9.17) is 5.11 Å². The van der Waals surface area contributed by atoms with Crippen LogP contribution in [-0.4, -0.2) is 22.6 Å². The van der Waals surface area contributed by atoms with Crippen LogP contribution in [0.4, 0.5) is 4.39 Å². The number of hydrogen-bond donors (Lipinski definition) is 2. The minimum Gasteiger partial charge on any atom is -0.476 e. The maximum absolute atomic E-state index is 13.3. The number of aromatic carboxylic acids is 1. The van der Waals surface area contributed by atoms with Gasteiger partial charge in [-0.25, -0.2) is 14.2 Å². The Kier molecular flexibility index (Phi) is 4.59. The van der Waals surface area contributed by atoms with E-state index in [1.54, 1.807) is 23.6 Å². The van der Waals surface area contributed by atoms with Crippen LogP contribution in [0.5, 0.6) is 0 Å². The molecule has 0 aliphatic heterocycles. The second kappa shape index (κ2) is 6.40. The molecule has 0 unspecified atom stereocenters. The van der Waals surface area contributed by atoms with Crippen molar-refractivity contribution in [2.24, 2.45) is 0 Å². The van der Waals surface area contributed by atoms with Crippen molar-refractivity contribution in [3.63, 3.8) is 0 Å². The maximum Gasteiger partial charge on any atom is 0.365 e. The number of carboxylic acids is 1. The summed E-state index contributed by atoms with van der Waals surface area (Å²) in [5, 5.41) is 13.6. The Morgan fingerprint density at radius 2 is 2.21 bits per heavy atom. The maximum atomic E-state index is 13.3. The van der Waals surface area contributed by atoms with Crippen molar-refractivity contribution in [3.05, 3.63) is 51.7 Å². The van der Waals surface area contributed by atoms with Gasteiger partial charge in [0.15, 0.2) is 0 Å². The minimum absolute atomic E-state index is 0.0888. The Labute approximate surface area is 113 Å². The predicted molar refractivity (Wildman–Crippen MR) is 70.9 cm³/mol. The third kappa shape index (κ3) is 3.84. The number of carbonyl (C=O) groups is 1. The molecule has 0 amide bonds. The molecule has 2 N–H and O–H groups in total. The Hall–Kier alpha value is -1.79. The van der Waals surface area contributed by atoms with Crippen molar-refractivity contribution in [1.82, 2.24) is 10.3 Å². The molecule has 1 heterocycles. The molecule has 2 rings (SSSR count). The van der Waals surface area contributed by atoms with Crippen LogP contribution in [0.2, 0.25) is 0 Å².